The highest BCUT2D eigenvalue weighted by atomic mass is 32.2. The van der Waals surface area contributed by atoms with E-state index < -0.39 is 0 Å². The molecule has 138 valence electrons. The van der Waals surface area contributed by atoms with Crippen molar-refractivity contribution >= 4 is 34.4 Å². The predicted molar refractivity (Wildman–Crippen MR) is 105 cm³/mol. The third kappa shape index (κ3) is 5.01. The standard InChI is InChI=1S/C21H25NO3S/c1-15-9-16(2)12-22(11-15)20(23)13-25-21(24)14-26-19-8-7-17-5-3-4-6-18(17)10-19/h3-8,10,15-16H,9,11-14H2,1-2H3. The number of piperidine rings is 1. The van der Waals surface area contributed by atoms with Crippen molar-refractivity contribution in [2.45, 2.75) is 25.2 Å². The molecule has 1 saturated heterocycles. The van der Waals surface area contributed by atoms with Gasteiger partial charge in [0.05, 0.1) is 5.75 Å². The number of fused-ring (bicyclic) bond motifs is 1. The number of rotatable bonds is 5. The van der Waals surface area contributed by atoms with Crippen LogP contribution in [0.5, 0.6) is 0 Å². The first kappa shape index (κ1) is 18.8. The molecule has 0 spiro atoms. The number of benzene rings is 2. The van der Waals surface area contributed by atoms with E-state index >= 15 is 0 Å². The number of carbonyl (C=O) groups excluding carboxylic acids is 2. The molecule has 0 bridgehead atoms. The first-order valence-electron chi connectivity index (χ1n) is 9.06. The van der Waals surface area contributed by atoms with Gasteiger partial charge in [-0.3, -0.25) is 9.59 Å². The van der Waals surface area contributed by atoms with E-state index in [2.05, 4.69) is 32.0 Å². The lowest BCUT2D eigenvalue weighted by atomic mass is 9.92. The Balaban J connectivity index is 1.45. The maximum absolute atomic E-state index is 12.3. The summed E-state index contributed by atoms with van der Waals surface area (Å²) in [5.41, 5.74) is 0. The average molecular weight is 372 g/mol. The number of carbonyl (C=O) groups is 2. The lowest BCUT2D eigenvalue weighted by molar-refractivity contribution is -0.151. The topological polar surface area (TPSA) is 46.6 Å². The highest BCUT2D eigenvalue weighted by Crippen LogP contribution is 2.24. The minimum Gasteiger partial charge on any atom is -0.455 e. The zero-order chi connectivity index (χ0) is 18.5. The van der Waals surface area contributed by atoms with Gasteiger partial charge in [0.1, 0.15) is 0 Å². The van der Waals surface area contributed by atoms with Crippen molar-refractivity contribution in [2.75, 3.05) is 25.4 Å². The molecule has 2 unspecified atom stereocenters. The summed E-state index contributed by atoms with van der Waals surface area (Å²) in [5, 5.41) is 2.32. The SMILES string of the molecule is CC1CC(C)CN(C(=O)COC(=O)CSc2ccc3ccccc3c2)C1. The molecule has 2 atom stereocenters. The summed E-state index contributed by atoms with van der Waals surface area (Å²) in [6, 6.07) is 14.2. The average Bonchev–Trinajstić information content (AvgIpc) is 2.63. The van der Waals surface area contributed by atoms with Gasteiger partial charge < -0.3 is 9.64 Å². The zero-order valence-electron chi connectivity index (χ0n) is 15.3. The lowest BCUT2D eigenvalue weighted by Crippen LogP contribution is -2.44. The Morgan fingerprint density at radius 1 is 1.08 bits per heavy atom. The zero-order valence-corrected chi connectivity index (χ0v) is 16.1. The van der Waals surface area contributed by atoms with E-state index in [0.29, 0.717) is 11.8 Å². The summed E-state index contributed by atoms with van der Waals surface area (Å²) >= 11 is 1.43. The van der Waals surface area contributed by atoms with Gasteiger partial charge in [-0.15, -0.1) is 11.8 Å². The molecule has 0 N–H and O–H groups in total. The number of thioether (sulfide) groups is 1. The van der Waals surface area contributed by atoms with E-state index in [4.69, 9.17) is 4.74 Å². The fraction of sp³-hybridized carbons (Fsp3) is 0.429. The minimum atomic E-state index is -0.352. The van der Waals surface area contributed by atoms with Crippen LogP contribution in [0.3, 0.4) is 0 Å². The maximum Gasteiger partial charge on any atom is 0.316 e. The molecule has 1 amide bonds. The van der Waals surface area contributed by atoms with Crippen LogP contribution < -0.4 is 0 Å². The van der Waals surface area contributed by atoms with Gasteiger partial charge in [0.15, 0.2) is 6.61 Å². The Hall–Kier alpha value is -2.01. The van der Waals surface area contributed by atoms with Crippen molar-refractivity contribution < 1.29 is 14.3 Å². The Kier molecular flexibility index (Phi) is 6.20. The number of likely N-dealkylation sites (tertiary alicyclic amines) is 1. The summed E-state index contributed by atoms with van der Waals surface area (Å²) < 4.78 is 5.19. The van der Waals surface area contributed by atoms with Gasteiger partial charge >= 0.3 is 5.97 Å². The van der Waals surface area contributed by atoms with Crippen LogP contribution in [0.1, 0.15) is 20.3 Å². The largest absolute Gasteiger partial charge is 0.455 e. The van der Waals surface area contributed by atoms with E-state index in [0.717, 1.165) is 29.8 Å². The molecule has 3 rings (SSSR count). The molecule has 1 heterocycles. The first-order chi connectivity index (χ1) is 12.5. The molecule has 2 aromatic carbocycles. The molecule has 26 heavy (non-hydrogen) atoms. The fourth-order valence-corrected chi connectivity index (χ4v) is 4.28. The summed E-state index contributed by atoms with van der Waals surface area (Å²) in [6.45, 7) is 5.67. The second-order valence-electron chi connectivity index (χ2n) is 7.20. The fourth-order valence-electron chi connectivity index (χ4n) is 3.54. The van der Waals surface area contributed by atoms with Crippen molar-refractivity contribution in [3.63, 3.8) is 0 Å². The van der Waals surface area contributed by atoms with E-state index in [1.807, 2.05) is 29.2 Å². The highest BCUT2D eigenvalue weighted by Gasteiger charge is 2.25. The molecule has 5 heteroatoms. The van der Waals surface area contributed by atoms with Crippen LogP contribution in [0, 0.1) is 11.8 Å². The van der Waals surface area contributed by atoms with E-state index in [1.165, 1.54) is 17.1 Å². The van der Waals surface area contributed by atoms with Gasteiger partial charge in [0.2, 0.25) is 0 Å². The number of hydrogen-bond acceptors (Lipinski definition) is 4. The molecule has 4 nitrogen and oxygen atoms in total. The van der Waals surface area contributed by atoms with Crippen molar-refractivity contribution in [1.82, 2.24) is 4.90 Å². The second-order valence-corrected chi connectivity index (χ2v) is 8.25. The molecule has 1 aliphatic heterocycles. The van der Waals surface area contributed by atoms with Crippen LogP contribution in [-0.2, 0) is 14.3 Å². The molecule has 1 fully saturated rings. The third-order valence-corrected chi connectivity index (χ3v) is 5.62. The Labute approximate surface area is 158 Å². The van der Waals surface area contributed by atoms with Gasteiger partial charge in [0.25, 0.3) is 5.91 Å². The lowest BCUT2D eigenvalue weighted by Gasteiger charge is -2.34. The molecular weight excluding hydrogens is 346 g/mol. The number of esters is 1. The van der Waals surface area contributed by atoms with Crippen LogP contribution in [0.25, 0.3) is 10.8 Å². The molecule has 0 radical (unpaired) electrons. The highest BCUT2D eigenvalue weighted by molar-refractivity contribution is 8.00. The molecular formula is C21H25NO3S. The second kappa shape index (κ2) is 8.58. The molecule has 0 saturated carbocycles. The van der Waals surface area contributed by atoms with Crippen LogP contribution in [0.2, 0.25) is 0 Å². The number of nitrogens with zero attached hydrogens (tertiary/aromatic N) is 1. The minimum absolute atomic E-state index is 0.0903. The summed E-state index contributed by atoms with van der Waals surface area (Å²) in [6.07, 6.45) is 1.14. The molecule has 2 aromatic rings. The van der Waals surface area contributed by atoms with Gasteiger partial charge in [-0.1, -0.05) is 44.2 Å². The smallest absolute Gasteiger partial charge is 0.316 e. The molecule has 0 aromatic heterocycles. The van der Waals surface area contributed by atoms with Gasteiger partial charge in [-0.25, -0.2) is 0 Å². The van der Waals surface area contributed by atoms with E-state index in [9.17, 15) is 9.59 Å². The molecule has 1 aliphatic rings. The summed E-state index contributed by atoms with van der Waals surface area (Å²) in [7, 11) is 0. The number of ether oxygens (including phenoxy) is 1. The van der Waals surface area contributed by atoms with Crippen LogP contribution >= 0.6 is 11.8 Å². The number of hydrogen-bond donors (Lipinski definition) is 0. The monoisotopic (exact) mass is 371 g/mol. The van der Waals surface area contributed by atoms with E-state index in [1.54, 1.807) is 0 Å². The van der Waals surface area contributed by atoms with Crippen molar-refractivity contribution in [3.05, 3.63) is 42.5 Å². The van der Waals surface area contributed by atoms with Gasteiger partial charge in [-0.05, 0) is 41.2 Å². The van der Waals surface area contributed by atoms with Crippen LogP contribution in [-0.4, -0.2) is 42.2 Å². The van der Waals surface area contributed by atoms with Crippen molar-refractivity contribution in [2.24, 2.45) is 11.8 Å². The van der Waals surface area contributed by atoms with Crippen molar-refractivity contribution in [3.8, 4) is 0 Å². The Morgan fingerprint density at radius 2 is 1.77 bits per heavy atom. The third-order valence-electron chi connectivity index (χ3n) is 4.66. The summed E-state index contributed by atoms with van der Waals surface area (Å²) in [5.74, 6) is 0.768. The predicted octanol–water partition coefficient (Wildman–Crippen LogP) is 3.98. The first-order valence-corrected chi connectivity index (χ1v) is 10.0. The maximum atomic E-state index is 12.3. The quantitative estimate of drug-likeness (QED) is 0.589. The molecule has 0 aliphatic carbocycles. The Bertz CT molecular complexity index is 782. The Morgan fingerprint density at radius 3 is 2.50 bits per heavy atom. The van der Waals surface area contributed by atoms with Crippen molar-refractivity contribution in [1.29, 1.82) is 0 Å². The normalized spacial score (nSPS) is 20.2. The van der Waals surface area contributed by atoms with E-state index in [-0.39, 0.29) is 24.2 Å². The van der Waals surface area contributed by atoms with Crippen LogP contribution in [0.4, 0.5) is 0 Å². The summed E-state index contributed by atoms with van der Waals surface area (Å²) in [4.78, 5) is 27.1. The van der Waals surface area contributed by atoms with Gasteiger partial charge in [-0.2, -0.15) is 0 Å². The van der Waals surface area contributed by atoms with Crippen LogP contribution in [0.15, 0.2) is 47.4 Å². The van der Waals surface area contributed by atoms with Gasteiger partial charge in [0, 0.05) is 18.0 Å². The number of amides is 1.